The van der Waals surface area contributed by atoms with Crippen LogP contribution in [0.5, 0.6) is 0 Å². The molecule has 0 aromatic rings. The lowest BCUT2D eigenvalue weighted by molar-refractivity contribution is 0.260. The summed E-state index contributed by atoms with van der Waals surface area (Å²) < 4.78 is 0. The zero-order valence-corrected chi connectivity index (χ0v) is 9.02. The van der Waals surface area contributed by atoms with E-state index in [2.05, 4.69) is 24.5 Å². The van der Waals surface area contributed by atoms with Crippen molar-refractivity contribution in [2.45, 2.75) is 45.1 Å². The number of hydrogen-bond donors (Lipinski definition) is 1. The predicted octanol–water partition coefficient (Wildman–Crippen LogP) is 2.57. The minimum Gasteiger partial charge on any atom is -0.300 e. The molecule has 1 saturated carbocycles. The van der Waals surface area contributed by atoms with E-state index in [1.807, 2.05) is 0 Å². The molecular weight excluding hydrogens is 166 g/mol. The molecule has 0 aromatic carbocycles. The first kappa shape index (κ1) is 10.4. The standard InChI is InChI=1S/C10H21NS/c1-2-3-7-11(8-4-9-12)10-5-6-10/h10,12H,2-9H2,1H3. The van der Waals surface area contributed by atoms with Gasteiger partial charge in [0.1, 0.15) is 0 Å². The van der Waals surface area contributed by atoms with Crippen molar-refractivity contribution >= 4 is 12.6 Å². The maximum absolute atomic E-state index is 4.25. The summed E-state index contributed by atoms with van der Waals surface area (Å²) in [5.41, 5.74) is 0. The molecule has 0 atom stereocenters. The van der Waals surface area contributed by atoms with Gasteiger partial charge in [0, 0.05) is 6.04 Å². The van der Waals surface area contributed by atoms with E-state index in [9.17, 15) is 0 Å². The molecule has 0 aliphatic heterocycles. The summed E-state index contributed by atoms with van der Waals surface area (Å²) in [5.74, 6) is 1.04. The van der Waals surface area contributed by atoms with E-state index >= 15 is 0 Å². The van der Waals surface area contributed by atoms with Crippen LogP contribution in [0.15, 0.2) is 0 Å². The molecule has 0 unspecified atom stereocenters. The third-order valence-corrected chi connectivity index (χ3v) is 2.78. The molecule has 1 aliphatic rings. The first-order valence-corrected chi connectivity index (χ1v) is 5.86. The fourth-order valence-corrected chi connectivity index (χ4v) is 1.69. The number of unbranched alkanes of at least 4 members (excludes halogenated alkanes) is 1. The topological polar surface area (TPSA) is 3.24 Å². The van der Waals surface area contributed by atoms with Gasteiger partial charge in [-0.25, -0.2) is 0 Å². The van der Waals surface area contributed by atoms with E-state index in [0.29, 0.717) is 0 Å². The fourth-order valence-electron chi connectivity index (χ4n) is 1.55. The Balaban J connectivity index is 2.09. The Morgan fingerprint density at radius 1 is 1.25 bits per heavy atom. The minimum absolute atomic E-state index is 0.941. The Hall–Kier alpha value is 0.310. The maximum Gasteiger partial charge on any atom is 0.00964 e. The fraction of sp³-hybridized carbons (Fsp3) is 1.00. The van der Waals surface area contributed by atoms with E-state index in [0.717, 1.165) is 11.8 Å². The van der Waals surface area contributed by atoms with E-state index in [1.54, 1.807) is 0 Å². The minimum atomic E-state index is 0.941. The molecule has 0 spiro atoms. The van der Waals surface area contributed by atoms with Crippen molar-refractivity contribution in [3.8, 4) is 0 Å². The Bertz CT molecular complexity index is 104. The first-order valence-electron chi connectivity index (χ1n) is 5.23. The third kappa shape index (κ3) is 3.81. The van der Waals surface area contributed by atoms with Gasteiger partial charge in [-0.15, -0.1) is 0 Å². The summed E-state index contributed by atoms with van der Waals surface area (Å²) in [6.45, 7) is 4.85. The third-order valence-electron chi connectivity index (χ3n) is 2.47. The second-order valence-electron chi connectivity index (χ2n) is 3.70. The normalized spacial score (nSPS) is 17.2. The van der Waals surface area contributed by atoms with Gasteiger partial charge in [0.2, 0.25) is 0 Å². The highest BCUT2D eigenvalue weighted by Crippen LogP contribution is 2.27. The van der Waals surface area contributed by atoms with Crippen molar-refractivity contribution in [2.24, 2.45) is 0 Å². The second kappa shape index (κ2) is 5.87. The zero-order chi connectivity index (χ0) is 8.81. The van der Waals surface area contributed by atoms with Crippen LogP contribution in [0.1, 0.15) is 39.0 Å². The van der Waals surface area contributed by atoms with Gasteiger partial charge in [-0.1, -0.05) is 13.3 Å². The predicted molar refractivity (Wildman–Crippen MR) is 58.0 cm³/mol. The van der Waals surface area contributed by atoms with Gasteiger partial charge in [0.15, 0.2) is 0 Å². The largest absolute Gasteiger partial charge is 0.300 e. The molecule has 2 heteroatoms. The number of thiol groups is 1. The summed E-state index contributed by atoms with van der Waals surface area (Å²) in [5, 5.41) is 0. The van der Waals surface area contributed by atoms with Gasteiger partial charge in [-0.3, -0.25) is 0 Å². The van der Waals surface area contributed by atoms with Crippen LogP contribution >= 0.6 is 12.6 Å². The van der Waals surface area contributed by atoms with Crippen molar-refractivity contribution in [1.82, 2.24) is 4.90 Å². The molecule has 0 saturated heterocycles. The average molecular weight is 187 g/mol. The molecule has 12 heavy (non-hydrogen) atoms. The lowest BCUT2D eigenvalue weighted by atomic mass is 10.3. The lowest BCUT2D eigenvalue weighted by Gasteiger charge is -2.20. The first-order chi connectivity index (χ1) is 5.88. The Labute approximate surface area is 81.9 Å². The Kier molecular flexibility index (Phi) is 5.08. The number of hydrogen-bond acceptors (Lipinski definition) is 2. The SMILES string of the molecule is CCCCN(CCCS)C1CC1. The zero-order valence-electron chi connectivity index (χ0n) is 8.13. The van der Waals surface area contributed by atoms with Crippen LogP contribution in [-0.4, -0.2) is 29.8 Å². The van der Waals surface area contributed by atoms with Crippen LogP contribution in [0.3, 0.4) is 0 Å². The molecule has 0 aromatic heterocycles. The highest BCUT2D eigenvalue weighted by atomic mass is 32.1. The summed E-state index contributed by atoms with van der Waals surface area (Å²) in [6.07, 6.45) is 6.82. The quantitative estimate of drug-likeness (QED) is 0.600. The summed E-state index contributed by atoms with van der Waals surface area (Å²) in [7, 11) is 0. The second-order valence-corrected chi connectivity index (χ2v) is 4.15. The van der Waals surface area contributed by atoms with Gasteiger partial charge in [0.25, 0.3) is 0 Å². The van der Waals surface area contributed by atoms with Gasteiger partial charge >= 0.3 is 0 Å². The van der Waals surface area contributed by atoms with Crippen LogP contribution < -0.4 is 0 Å². The van der Waals surface area contributed by atoms with Crippen LogP contribution in [0.4, 0.5) is 0 Å². The van der Waals surface area contributed by atoms with Crippen LogP contribution in [0.2, 0.25) is 0 Å². The van der Waals surface area contributed by atoms with Crippen molar-refractivity contribution < 1.29 is 0 Å². The van der Waals surface area contributed by atoms with Gasteiger partial charge in [0.05, 0.1) is 0 Å². The molecule has 0 radical (unpaired) electrons. The molecule has 1 aliphatic carbocycles. The average Bonchev–Trinajstić information content (AvgIpc) is 2.88. The summed E-state index contributed by atoms with van der Waals surface area (Å²) >= 11 is 4.25. The van der Waals surface area contributed by atoms with Crippen LogP contribution in [0.25, 0.3) is 0 Å². The number of rotatable bonds is 7. The van der Waals surface area contributed by atoms with Crippen LogP contribution in [0, 0.1) is 0 Å². The van der Waals surface area contributed by atoms with Crippen molar-refractivity contribution in [3.63, 3.8) is 0 Å². The molecular formula is C10H21NS. The molecule has 72 valence electrons. The molecule has 1 fully saturated rings. The van der Waals surface area contributed by atoms with Gasteiger partial charge in [-0.2, -0.15) is 12.6 Å². The van der Waals surface area contributed by atoms with Crippen molar-refractivity contribution in [3.05, 3.63) is 0 Å². The highest BCUT2D eigenvalue weighted by molar-refractivity contribution is 7.80. The van der Waals surface area contributed by atoms with E-state index in [-0.39, 0.29) is 0 Å². The smallest absolute Gasteiger partial charge is 0.00964 e. The molecule has 0 bridgehead atoms. The van der Waals surface area contributed by atoms with E-state index in [1.165, 1.54) is 45.2 Å². The van der Waals surface area contributed by atoms with Crippen molar-refractivity contribution in [2.75, 3.05) is 18.8 Å². The molecule has 1 rings (SSSR count). The summed E-state index contributed by atoms with van der Waals surface area (Å²) in [6, 6.07) is 0.941. The molecule has 0 N–H and O–H groups in total. The Morgan fingerprint density at radius 2 is 1.92 bits per heavy atom. The van der Waals surface area contributed by atoms with Gasteiger partial charge < -0.3 is 4.90 Å². The molecule has 1 nitrogen and oxygen atoms in total. The Morgan fingerprint density at radius 3 is 2.42 bits per heavy atom. The highest BCUT2D eigenvalue weighted by Gasteiger charge is 2.27. The number of nitrogens with zero attached hydrogens (tertiary/aromatic N) is 1. The molecule has 0 amide bonds. The summed E-state index contributed by atoms with van der Waals surface area (Å²) in [4.78, 5) is 2.65. The lowest BCUT2D eigenvalue weighted by Crippen LogP contribution is -2.28. The maximum atomic E-state index is 4.25. The van der Waals surface area contributed by atoms with E-state index in [4.69, 9.17) is 0 Å². The van der Waals surface area contributed by atoms with Crippen LogP contribution in [-0.2, 0) is 0 Å². The van der Waals surface area contributed by atoms with Crippen molar-refractivity contribution in [1.29, 1.82) is 0 Å². The van der Waals surface area contributed by atoms with E-state index < -0.39 is 0 Å². The molecule has 0 heterocycles. The monoisotopic (exact) mass is 187 g/mol. The van der Waals surface area contributed by atoms with Gasteiger partial charge in [-0.05, 0) is 44.5 Å².